The van der Waals surface area contributed by atoms with E-state index in [1.54, 1.807) is 5.57 Å². The largest absolute Gasteiger partial charge is 0.378 e. The van der Waals surface area contributed by atoms with Crippen molar-refractivity contribution in [2.75, 3.05) is 62.3 Å². The molecule has 4 rings (SSSR count). The Balaban J connectivity index is 1.64. The van der Waals surface area contributed by atoms with Crippen LogP contribution in [0, 0.1) is 11.3 Å². The second-order valence-electron chi connectivity index (χ2n) is 9.60. The van der Waals surface area contributed by atoms with Crippen LogP contribution in [-0.4, -0.2) is 52.5 Å². The number of piperazine rings is 1. The van der Waals surface area contributed by atoms with Gasteiger partial charge in [-0.2, -0.15) is 0 Å². The van der Waals surface area contributed by atoms with Crippen molar-refractivity contribution in [1.82, 2.24) is 5.32 Å². The first kappa shape index (κ1) is 19.8. The van der Waals surface area contributed by atoms with Crippen molar-refractivity contribution in [1.29, 1.82) is 0 Å². The molecular formula is C24H37N3O. The normalized spacial score (nSPS) is 24.2. The quantitative estimate of drug-likeness (QED) is 0.848. The van der Waals surface area contributed by atoms with Crippen LogP contribution in [0.4, 0.5) is 11.4 Å². The Labute approximate surface area is 170 Å². The zero-order chi connectivity index (χ0) is 19.6. The Hall–Kier alpha value is -1.52. The summed E-state index contributed by atoms with van der Waals surface area (Å²) in [4.78, 5) is 5.06. The van der Waals surface area contributed by atoms with Crippen molar-refractivity contribution >= 4 is 16.9 Å². The number of ether oxygens (including phenoxy) is 1. The first-order valence-corrected chi connectivity index (χ1v) is 11.1. The van der Waals surface area contributed by atoms with Crippen molar-refractivity contribution in [3.63, 3.8) is 0 Å². The van der Waals surface area contributed by atoms with Gasteiger partial charge in [0.15, 0.2) is 0 Å². The number of allylic oxidation sites excluding steroid dienone is 2. The molecule has 0 radical (unpaired) electrons. The molecule has 2 saturated heterocycles. The first-order valence-electron chi connectivity index (χ1n) is 11.1. The zero-order valence-electron chi connectivity index (χ0n) is 18.0. The molecule has 1 aromatic carbocycles. The Morgan fingerprint density at radius 2 is 1.75 bits per heavy atom. The Morgan fingerprint density at radius 1 is 1.00 bits per heavy atom. The van der Waals surface area contributed by atoms with Crippen molar-refractivity contribution in [3.05, 3.63) is 29.8 Å². The molecule has 4 heteroatoms. The van der Waals surface area contributed by atoms with Crippen LogP contribution in [0.3, 0.4) is 0 Å². The summed E-state index contributed by atoms with van der Waals surface area (Å²) in [5.41, 5.74) is 6.22. The van der Waals surface area contributed by atoms with Gasteiger partial charge in [-0.05, 0) is 54.4 Å². The smallest absolute Gasteiger partial charge is 0.0642 e. The molecule has 4 nitrogen and oxygen atoms in total. The summed E-state index contributed by atoms with van der Waals surface area (Å²) < 4.78 is 5.56. The monoisotopic (exact) mass is 383 g/mol. The predicted octanol–water partition coefficient (Wildman–Crippen LogP) is 4.16. The number of rotatable bonds is 3. The second-order valence-corrected chi connectivity index (χ2v) is 9.60. The van der Waals surface area contributed by atoms with E-state index in [1.165, 1.54) is 36.2 Å². The van der Waals surface area contributed by atoms with E-state index in [0.29, 0.717) is 5.41 Å². The maximum absolute atomic E-state index is 5.56. The van der Waals surface area contributed by atoms with Gasteiger partial charge in [-0.1, -0.05) is 26.8 Å². The van der Waals surface area contributed by atoms with Gasteiger partial charge in [0.2, 0.25) is 0 Å². The lowest BCUT2D eigenvalue weighted by atomic mass is 9.72. The first-order chi connectivity index (χ1) is 13.5. The number of anilines is 2. The minimum absolute atomic E-state index is 0.402. The summed E-state index contributed by atoms with van der Waals surface area (Å²) in [6.45, 7) is 15.2. The summed E-state index contributed by atoms with van der Waals surface area (Å²) in [7, 11) is 0. The van der Waals surface area contributed by atoms with Gasteiger partial charge in [0.1, 0.15) is 0 Å². The number of hydrogen-bond acceptors (Lipinski definition) is 4. The summed E-state index contributed by atoms with van der Waals surface area (Å²) >= 11 is 0. The molecule has 2 fully saturated rings. The highest BCUT2D eigenvalue weighted by Gasteiger charge is 2.28. The lowest BCUT2D eigenvalue weighted by molar-refractivity contribution is 0.122. The average Bonchev–Trinajstić information content (AvgIpc) is 2.74. The number of nitrogens with one attached hydrogen (secondary N) is 1. The van der Waals surface area contributed by atoms with Crippen LogP contribution in [0.5, 0.6) is 0 Å². The molecule has 0 spiro atoms. The van der Waals surface area contributed by atoms with Gasteiger partial charge < -0.3 is 19.9 Å². The van der Waals surface area contributed by atoms with E-state index in [2.05, 4.69) is 60.2 Å². The van der Waals surface area contributed by atoms with E-state index in [-0.39, 0.29) is 0 Å². The van der Waals surface area contributed by atoms with Crippen LogP contribution in [0.1, 0.15) is 45.6 Å². The van der Waals surface area contributed by atoms with Crippen molar-refractivity contribution in [3.8, 4) is 0 Å². The third-order valence-electron chi connectivity index (χ3n) is 6.80. The van der Waals surface area contributed by atoms with Crippen molar-refractivity contribution in [2.24, 2.45) is 11.3 Å². The number of morpholine rings is 1. The van der Waals surface area contributed by atoms with Crippen LogP contribution < -0.4 is 15.1 Å². The minimum atomic E-state index is 0.402. The predicted molar refractivity (Wildman–Crippen MR) is 119 cm³/mol. The van der Waals surface area contributed by atoms with Gasteiger partial charge in [-0.3, -0.25) is 0 Å². The van der Waals surface area contributed by atoms with Crippen LogP contribution in [0.15, 0.2) is 24.3 Å². The maximum atomic E-state index is 5.56. The highest BCUT2D eigenvalue weighted by molar-refractivity contribution is 5.80. The molecule has 2 heterocycles. The summed E-state index contributed by atoms with van der Waals surface area (Å²) in [5.74, 6) is 0.793. The van der Waals surface area contributed by atoms with Gasteiger partial charge >= 0.3 is 0 Å². The summed E-state index contributed by atoms with van der Waals surface area (Å²) in [5, 5.41) is 3.49. The molecule has 2 aliphatic heterocycles. The lowest BCUT2D eigenvalue weighted by Crippen LogP contribution is -2.44. The van der Waals surface area contributed by atoms with Gasteiger partial charge in [-0.25, -0.2) is 0 Å². The van der Waals surface area contributed by atoms with E-state index < -0.39 is 0 Å². The van der Waals surface area contributed by atoms with Gasteiger partial charge in [0.25, 0.3) is 0 Å². The molecule has 3 aliphatic rings. The van der Waals surface area contributed by atoms with Crippen LogP contribution in [0.25, 0.3) is 5.57 Å². The number of hydrogen-bond donors (Lipinski definition) is 1. The molecule has 1 unspecified atom stereocenters. The highest BCUT2D eigenvalue weighted by atomic mass is 16.5. The van der Waals surface area contributed by atoms with Gasteiger partial charge in [0.05, 0.1) is 13.2 Å². The molecule has 1 atom stereocenters. The standard InChI is InChI=1S/C24H37N3O/c1-24(2,3)20-6-4-19(5-7-20)22-18-21(26-14-16-28-17-15-26)8-9-23(22)27-12-10-25-11-13-27/h4,8-9,18,20,25H,5-7,10-17H2,1-3H3. The van der Waals surface area contributed by atoms with Crippen molar-refractivity contribution < 1.29 is 4.74 Å². The number of nitrogens with zero attached hydrogens (tertiary/aromatic N) is 2. The fourth-order valence-corrected chi connectivity index (χ4v) is 4.85. The molecular weight excluding hydrogens is 346 g/mol. The third-order valence-corrected chi connectivity index (χ3v) is 6.80. The van der Waals surface area contributed by atoms with E-state index >= 15 is 0 Å². The molecule has 28 heavy (non-hydrogen) atoms. The topological polar surface area (TPSA) is 27.7 Å². The summed E-state index contributed by atoms with van der Waals surface area (Å²) in [6, 6.07) is 7.17. The molecule has 0 aromatic heterocycles. The molecule has 0 amide bonds. The Morgan fingerprint density at radius 3 is 2.39 bits per heavy atom. The fraction of sp³-hybridized carbons (Fsp3) is 0.667. The molecule has 154 valence electrons. The molecule has 1 N–H and O–H groups in total. The van der Waals surface area contributed by atoms with E-state index in [4.69, 9.17) is 4.74 Å². The van der Waals surface area contributed by atoms with Gasteiger partial charge in [0, 0.05) is 56.2 Å². The maximum Gasteiger partial charge on any atom is 0.0642 e. The van der Waals surface area contributed by atoms with E-state index in [1.807, 2.05) is 0 Å². The molecule has 0 bridgehead atoms. The highest BCUT2D eigenvalue weighted by Crippen LogP contribution is 2.42. The molecule has 1 aliphatic carbocycles. The zero-order valence-corrected chi connectivity index (χ0v) is 18.0. The van der Waals surface area contributed by atoms with Crippen LogP contribution in [-0.2, 0) is 4.74 Å². The van der Waals surface area contributed by atoms with E-state index in [9.17, 15) is 0 Å². The van der Waals surface area contributed by atoms with Crippen molar-refractivity contribution in [2.45, 2.75) is 40.0 Å². The lowest BCUT2D eigenvalue weighted by Gasteiger charge is -2.36. The van der Waals surface area contributed by atoms with Gasteiger partial charge in [-0.15, -0.1) is 0 Å². The second kappa shape index (κ2) is 8.46. The molecule has 1 aromatic rings. The average molecular weight is 384 g/mol. The Bertz CT molecular complexity index is 694. The fourth-order valence-electron chi connectivity index (χ4n) is 4.85. The van der Waals surface area contributed by atoms with E-state index in [0.717, 1.165) is 58.4 Å². The Kier molecular flexibility index (Phi) is 5.98. The van der Waals surface area contributed by atoms with Crippen LogP contribution in [0.2, 0.25) is 0 Å². The summed E-state index contributed by atoms with van der Waals surface area (Å²) in [6.07, 6.45) is 6.26. The third kappa shape index (κ3) is 4.38. The number of benzene rings is 1. The molecule has 0 saturated carbocycles. The van der Waals surface area contributed by atoms with Crippen LogP contribution >= 0.6 is 0 Å². The SMILES string of the molecule is CC(C)(C)C1CC=C(c2cc(N3CCOCC3)ccc2N2CCNCC2)CC1. The minimum Gasteiger partial charge on any atom is -0.378 e.